The molecule has 0 unspecified atom stereocenters. The largest absolute Gasteiger partial charge is 0.484 e. The highest BCUT2D eigenvalue weighted by Gasteiger charge is 2.15. The summed E-state index contributed by atoms with van der Waals surface area (Å²) in [4.78, 5) is 17.9. The number of benzene rings is 1. The number of aliphatic imine (C=N–C) groups is 1. The quantitative estimate of drug-likeness (QED) is 0.741. The molecule has 0 atom stereocenters. The topological polar surface area (TPSA) is 41.9 Å². The predicted octanol–water partition coefficient (Wildman–Crippen LogP) is 2.05. The lowest BCUT2D eigenvalue weighted by molar-refractivity contribution is 0.0825. The van der Waals surface area contributed by atoms with E-state index in [0.717, 1.165) is 0 Å². The Morgan fingerprint density at radius 2 is 2.12 bits per heavy atom. The third-order valence-corrected chi connectivity index (χ3v) is 2.55. The molecule has 4 nitrogen and oxygen atoms in total. The van der Waals surface area contributed by atoms with Crippen molar-refractivity contribution >= 4 is 11.8 Å². The molecule has 0 fully saturated rings. The van der Waals surface area contributed by atoms with Crippen LogP contribution in [0.3, 0.4) is 0 Å². The number of hydrogen-bond acceptors (Lipinski definition) is 3. The van der Waals surface area contributed by atoms with E-state index in [9.17, 15) is 4.79 Å². The van der Waals surface area contributed by atoms with Crippen molar-refractivity contribution in [3.05, 3.63) is 48.3 Å². The van der Waals surface area contributed by atoms with Crippen LogP contribution in [0.1, 0.15) is 16.8 Å². The van der Waals surface area contributed by atoms with Gasteiger partial charge in [0.1, 0.15) is 0 Å². The molecule has 0 saturated heterocycles. The van der Waals surface area contributed by atoms with Gasteiger partial charge in [0.25, 0.3) is 5.91 Å². The Kier molecular flexibility index (Phi) is 3.55. The summed E-state index contributed by atoms with van der Waals surface area (Å²) >= 11 is 0. The van der Waals surface area contributed by atoms with Gasteiger partial charge in [0.15, 0.2) is 5.90 Å². The molecule has 0 spiro atoms. The van der Waals surface area contributed by atoms with Gasteiger partial charge in [-0.15, -0.1) is 0 Å². The molecule has 2 rings (SSSR count). The van der Waals surface area contributed by atoms with E-state index in [0.29, 0.717) is 24.4 Å². The summed E-state index contributed by atoms with van der Waals surface area (Å²) in [7, 11) is 1.58. The molecule has 1 heterocycles. The maximum Gasteiger partial charge on any atom is 0.257 e. The van der Waals surface area contributed by atoms with E-state index in [1.54, 1.807) is 36.5 Å². The van der Waals surface area contributed by atoms with Crippen molar-refractivity contribution in [3.8, 4) is 0 Å². The van der Waals surface area contributed by atoms with E-state index in [2.05, 4.69) is 4.99 Å². The Morgan fingerprint density at radius 3 is 2.82 bits per heavy atom. The van der Waals surface area contributed by atoms with Crippen LogP contribution >= 0.6 is 0 Å². The van der Waals surface area contributed by atoms with E-state index in [4.69, 9.17) is 4.74 Å². The summed E-state index contributed by atoms with van der Waals surface area (Å²) < 4.78 is 5.07. The Morgan fingerprint density at radius 1 is 1.35 bits per heavy atom. The zero-order chi connectivity index (χ0) is 12.1. The van der Waals surface area contributed by atoms with Crippen LogP contribution in [-0.2, 0) is 4.74 Å². The highest BCUT2D eigenvalue weighted by atomic mass is 16.5. The molecule has 4 heteroatoms. The van der Waals surface area contributed by atoms with E-state index < -0.39 is 0 Å². The van der Waals surface area contributed by atoms with Gasteiger partial charge in [0, 0.05) is 30.9 Å². The first-order chi connectivity index (χ1) is 8.31. The number of rotatable bonds is 1. The second kappa shape index (κ2) is 5.30. The molecule has 1 amide bonds. The number of carbonyl (C=O) groups is 1. The zero-order valence-corrected chi connectivity index (χ0v) is 9.67. The summed E-state index contributed by atoms with van der Waals surface area (Å²) in [6.45, 7) is 0.580. The number of amides is 1. The van der Waals surface area contributed by atoms with Gasteiger partial charge in [-0.05, 0) is 12.1 Å². The molecule has 88 valence electrons. The zero-order valence-electron chi connectivity index (χ0n) is 9.67. The number of ether oxygens (including phenoxy) is 1. The molecule has 0 bridgehead atoms. The highest BCUT2D eigenvalue weighted by molar-refractivity contribution is 5.95. The van der Waals surface area contributed by atoms with Crippen molar-refractivity contribution < 1.29 is 9.53 Å². The van der Waals surface area contributed by atoms with Crippen LogP contribution in [0.5, 0.6) is 0 Å². The number of hydrogen-bond donors (Lipinski definition) is 0. The second-order valence-corrected chi connectivity index (χ2v) is 3.64. The molecule has 0 N–H and O–H groups in total. The molecule has 1 aromatic rings. The monoisotopic (exact) mass is 230 g/mol. The molecular weight excluding hydrogens is 216 g/mol. The lowest BCUT2D eigenvalue weighted by Gasteiger charge is -2.16. The van der Waals surface area contributed by atoms with E-state index in [-0.39, 0.29) is 5.91 Å². The predicted molar refractivity (Wildman–Crippen MR) is 65.7 cm³/mol. The summed E-state index contributed by atoms with van der Waals surface area (Å²) in [6, 6.07) is 9.21. The minimum atomic E-state index is -0.0191. The molecule has 0 aromatic heterocycles. The Bertz CT molecular complexity index is 452. The first kappa shape index (κ1) is 11.4. The third kappa shape index (κ3) is 2.72. The van der Waals surface area contributed by atoms with Crippen molar-refractivity contribution in [1.82, 2.24) is 4.90 Å². The van der Waals surface area contributed by atoms with Gasteiger partial charge < -0.3 is 9.64 Å². The lowest BCUT2D eigenvalue weighted by Crippen LogP contribution is -2.27. The number of methoxy groups -OCH3 is 1. The van der Waals surface area contributed by atoms with Gasteiger partial charge in [0.2, 0.25) is 0 Å². The third-order valence-electron chi connectivity index (χ3n) is 2.55. The Labute approximate surface area is 100 Å². The number of nitrogens with zero attached hydrogens (tertiary/aromatic N) is 2. The van der Waals surface area contributed by atoms with Gasteiger partial charge >= 0.3 is 0 Å². The SMILES string of the molecule is COC1=NC=CN(C(=O)c2ccccc2)CC1. The van der Waals surface area contributed by atoms with E-state index in [1.807, 2.05) is 18.2 Å². The van der Waals surface area contributed by atoms with Crippen LogP contribution in [-0.4, -0.2) is 30.4 Å². The number of carbonyl (C=O) groups excluding carboxylic acids is 1. The molecule has 17 heavy (non-hydrogen) atoms. The van der Waals surface area contributed by atoms with Gasteiger partial charge in [-0.1, -0.05) is 18.2 Å². The minimum Gasteiger partial charge on any atom is -0.484 e. The summed E-state index contributed by atoms with van der Waals surface area (Å²) in [5.74, 6) is 0.624. The Balaban J connectivity index is 2.08. The highest BCUT2D eigenvalue weighted by Crippen LogP contribution is 2.09. The Hall–Kier alpha value is -2.10. The van der Waals surface area contributed by atoms with Crippen LogP contribution < -0.4 is 0 Å². The first-order valence-electron chi connectivity index (χ1n) is 5.44. The van der Waals surface area contributed by atoms with Crippen LogP contribution in [0.15, 0.2) is 47.7 Å². The van der Waals surface area contributed by atoms with Gasteiger partial charge in [0.05, 0.1) is 7.11 Å². The van der Waals surface area contributed by atoms with Crippen LogP contribution in [0, 0.1) is 0 Å². The van der Waals surface area contributed by atoms with Crippen molar-refractivity contribution in [1.29, 1.82) is 0 Å². The molecule has 0 saturated carbocycles. The lowest BCUT2D eigenvalue weighted by atomic mass is 10.2. The molecule has 1 aliphatic rings. The fourth-order valence-electron chi connectivity index (χ4n) is 1.62. The van der Waals surface area contributed by atoms with Gasteiger partial charge in [-0.3, -0.25) is 4.79 Å². The minimum absolute atomic E-state index is 0.0191. The van der Waals surface area contributed by atoms with Crippen molar-refractivity contribution in [3.63, 3.8) is 0 Å². The molecule has 1 aromatic carbocycles. The second-order valence-electron chi connectivity index (χ2n) is 3.64. The summed E-state index contributed by atoms with van der Waals surface area (Å²) in [6.07, 6.45) is 3.90. The van der Waals surface area contributed by atoms with Gasteiger partial charge in [-0.25, -0.2) is 4.99 Å². The molecule has 0 aliphatic carbocycles. The van der Waals surface area contributed by atoms with Gasteiger partial charge in [-0.2, -0.15) is 0 Å². The normalized spacial score (nSPS) is 15.1. The average molecular weight is 230 g/mol. The fourth-order valence-corrected chi connectivity index (χ4v) is 1.62. The maximum atomic E-state index is 12.1. The van der Waals surface area contributed by atoms with Crippen molar-refractivity contribution in [2.24, 2.45) is 4.99 Å². The summed E-state index contributed by atoms with van der Waals surface area (Å²) in [5.41, 5.74) is 0.679. The maximum absolute atomic E-state index is 12.1. The van der Waals surface area contributed by atoms with E-state index in [1.165, 1.54) is 0 Å². The van der Waals surface area contributed by atoms with Crippen LogP contribution in [0.4, 0.5) is 0 Å². The molecule has 1 aliphatic heterocycles. The van der Waals surface area contributed by atoms with Crippen LogP contribution in [0.25, 0.3) is 0 Å². The van der Waals surface area contributed by atoms with Crippen molar-refractivity contribution in [2.75, 3.05) is 13.7 Å². The average Bonchev–Trinajstić information content (AvgIpc) is 2.64. The molecular formula is C13H14N2O2. The summed E-state index contributed by atoms with van der Waals surface area (Å²) in [5, 5.41) is 0. The fraction of sp³-hybridized carbons (Fsp3) is 0.231. The first-order valence-corrected chi connectivity index (χ1v) is 5.44. The van der Waals surface area contributed by atoms with E-state index >= 15 is 0 Å². The van der Waals surface area contributed by atoms with Crippen molar-refractivity contribution in [2.45, 2.75) is 6.42 Å². The standard InChI is InChI=1S/C13H14N2O2/c1-17-12-7-9-15(10-8-14-12)13(16)11-5-3-2-4-6-11/h2-6,8,10H,7,9H2,1H3. The smallest absolute Gasteiger partial charge is 0.257 e. The molecule has 0 radical (unpaired) electrons. The van der Waals surface area contributed by atoms with Crippen LogP contribution in [0.2, 0.25) is 0 Å².